The molecular weight excluding hydrogens is 493 g/mol. The Balaban J connectivity index is 0.00000450. The molecule has 1 aromatic carbocycles. The van der Waals surface area contributed by atoms with Crippen molar-refractivity contribution >= 4 is 35.8 Å². The van der Waals surface area contributed by atoms with Crippen molar-refractivity contribution in [1.29, 1.82) is 0 Å². The number of nitrogens with zero attached hydrogens (tertiary/aromatic N) is 3. The van der Waals surface area contributed by atoms with Crippen molar-refractivity contribution in [2.45, 2.75) is 45.2 Å². The van der Waals surface area contributed by atoms with Gasteiger partial charge in [-0.15, -0.1) is 24.0 Å². The number of amides is 1. The smallest absolute Gasteiger partial charge is 0.259 e. The van der Waals surface area contributed by atoms with Crippen molar-refractivity contribution in [3.05, 3.63) is 29.8 Å². The summed E-state index contributed by atoms with van der Waals surface area (Å²) >= 11 is 0. The van der Waals surface area contributed by atoms with Crippen LogP contribution in [-0.4, -0.2) is 74.6 Å². The van der Waals surface area contributed by atoms with E-state index in [-0.39, 0.29) is 42.0 Å². The minimum Gasteiger partial charge on any atom is -0.484 e. The maximum absolute atomic E-state index is 11.7. The van der Waals surface area contributed by atoms with Crippen molar-refractivity contribution in [2.24, 2.45) is 4.99 Å². The third-order valence-electron chi connectivity index (χ3n) is 5.34. The predicted molar refractivity (Wildman–Crippen MR) is 134 cm³/mol. The number of likely N-dealkylation sites (tertiary alicyclic amines) is 1. The average Bonchev–Trinajstić information content (AvgIpc) is 2.73. The van der Waals surface area contributed by atoms with Crippen molar-refractivity contribution in [3.63, 3.8) is 0 Å². The van der Waals surface area contributed by atoms with Gasteiger partial charge in [0.2, 0.25) is 0 Å². The first-order valence-corrected chi connectivity index (χ1v) is 10.4. The molecule has 0 radical (unpaired) electrons. The highest BCUT2D eigenvalue weighted by Crippen LogP contribution is 2.19. The van der Waals surface area contributed by atoms with Crippen molar-refractivity contribution < 1.29 is 9.53 Å². The molecule has 7 nitrogen and oxygen atoms in total. The van der Waals surface area contributed by atoms with Gasteiger partial charge in [-0.3, -0.25) is 14.7 Å². The number of rotatable bonds is 8. The summed E-state index contributed by atoms with van der Waals surface area (Å²) in [5.41, 5.74) is 1.16. The van der Waals surface area contributed by atoms with Gasteiger partial charge >= 0.3 is 0 Å². The van der Waals surface area contributed by atoms with Crippen molar-refractivity contribution in [3.8, 4) is 5.75 Å². The highest BCUT2D eigenvalue weighted by atomic mass is 127. The molecule has 8 heteroatoms. The third-order valence-corrected chi connectivity index (χ3v) is 5.34. The zero-order valence-corrected chi connectivity index (χ0v) is 21.4. The standard InChI is InChI=1S/C22H37N5O2.HI/c1-22(2,27-12-7-6-8-13-27)17-25-21(23-3)24-15-18-10-9-11-19(14-18)29-16-20(28)26(4)5;/h9-11,14H,6-8,12-13,15-17H2,1-5H3,(H2,23,24,25);1H. The number of benzene rings is 1. The highest BCUT2D eigenvalue weighted by Gasteiger charge is 2.27. The number of nitrogens with one attached hydrogen (secondary N) is 2. The van der Waals surface area contributed by atoms with E-state index in [0.717, 1.165) is 18.1 Å². The van der Waals surface area contributed by atoms with Crippen LogP contribution in [0.4, 0.5) is 0 Å². The lowest BCUT2D eigenvalue weighted by Crippen LogP contribution is -2.54. The van der Waals surface area contributed by atoms with Gasteiger partial charge in [0.1, 0.15) is 5.75 Å². The molecule has 0 unspecified atom stereocenters. The van der Waals surface area contributed by atoms with Crippen LogP contribution >= 0.6 is 24.0 Å². The normalized spacial score (nSPS) is 15.2. The number of ether oxygens (including phenoxy) is 1. The molecule has 2 N–H and O–H groups in total. The van der Waals surface area contributed by atoms with Gasteiger partial charge in [0.25, 0.3) is 5.91 Å². The van der Waals surface area contributed by atoms with E-state index in [0.29, 0.717) is 12.3 Å². The topological polar surface area (TPSA) is 69.2 Å². The van der Waals surface area contributed by atoms with E-state index >= 15 is 0 Å². The van der Waals surface area contributed by atoms with Crippen molar-refractivity contribution in [1.82, 2.24) is 20.4 Å². The molecule has 1 amide bonds. The van der Waals surface area contributed by atoms with Crippen LogP contribution in [0.25, 0.3) is 0 Å². The lowest BCUT2D eigenvalue weighted by molar-refractivity contribution is -0.130. The van der Waals surface area contributed by atoms with Crippen LogP contribution in [0, 0.1) is 0 Å². The van der Waals surface area contributed by atoms with E-state index in [4.69, 9.17) is 4.74 Å². The summed E-state index contributed by atoms with van der Waals surface area (Å²) in [5.74, 6) is 1.41. The summed E-state index contributed by atoms with van der Waals surface area (Å²) in [7, 11) is 5.23. The summed E-state index contributed by atoms with van der Waals surface area (Å²) in [5, 5.41) is 6.82. The largest absolute Gasteiger partial charge is 0.484 e. The van der Waals surface area contributed by atoms with Crippen molar-refractivity contribution in [2.75, 3.05) is 47.4 Å². The lowest BCUT2D eigenvalue weighted by Gasteiger charge is -2.41. The third kappa shape index (κ3) is 8.67. The van der Waals surface area contributed by atoms with Gasteiger partial charge in [0.05, 0.1) is 0 Å². The number of likely N-dealkylation sites (N-methyl/N-ethyl adjacent to an activating group) is 1. The molecule has 0 saturated carbocycles. The SMILES string of the molecule is CN=C(NCc1cccc(OCC(=O)N(C)C)c1)NCC(C)(C)N1CCCCC1.I. The molecule has 1 aliphatic rings. The van der Waals surface area contributed by atoms with E-state index in [1.54, 1.807) is 21.1 Å². The number of hydrogen-bond acceptors (Lipinski definition) is 4. The average molecular weight is 531 g/mol. The Labute approximate surface area is 198 Å². The van der Waals surface area contributed by atoms with Crippen LogP contribution in [0.3, 0.4) is 0 Å². The van der Waals surface area contributed by atoms with Crippen LogP contribution in [0.5, 0.6) is 5.75 Å². The number of carbonyl (C=O) groups excluding carboxylic acids is 1. The highest BCUT2D eigenvalue weighted by molar-refractivity contribution is 14.0. The summed E-state index contributed by atoms with van der Waals surface area (Å²) in [6, 6.07) is 7.77. The first-order valence-electron chi connectivity index (χ1n) is 10.4. The summed E-state index contributed by atoms with van der Waals surface area (Å²) in [6.07, 6.45) is 3.92. The van der Waals surface area contributed by atoms with Gasteiger partial charge in [-0.25, -0.2) is 0 Å². The number of halogens is 1. The Bertz CT molecular complexity index is 688. The summed E-state index contributed by atoms with van der Waals surface area (Å²) < 4.78 is 5.59. The molecule has 1 fully saturated rings. The molecule has 0 spiro atoms. The van der Waals surface area contributed by atoms with Gasteiger partial charge in [-0.2, -0.15) is 0 Å². The summed E-state index contributed by atoms with van der Waals surface area (Å²) in [4.78, 5) is 20.1. The molecule has 0 bridgehead atoms. The molecule has 0 atom stereocenters. The number of piperidine rings is 1. The lowest BCUT2D eigenvalue weighted by atomic mass is 9.98. The van der Waals surface area contributed by atoms with Crippen LogP contribution in [0.15, 0.2) is 29.3 Å². The van der Waals surface area contributed by atoms with Crippen LogP contribution in [0.2, 0.25) is 0 Å². The van der Waals surface area contributed by atoms with E-state index in [1.807, 2.05) is 24.3 Å². The maximum atomic E-state index is 11.7. The fourth-order valence-electron chi connectivity index (χ4n) is 3.34. The Morgan fingerprint density at radius 3 is 2.53 bits per heavy atom. The molecule has 1 aliphatic heterocycles. The van der Waals surface area contributed by atoms with Crippen LogP contribution in [-0.2, 0) is 11.3 Å². The Hall–Kier alpha value is -1.55. The molecule has 0 aliphatic carbocycles. The second-order valence-electron chi connectivity index (χ2n) is 8.36. The fourth-order valence-corrected chi connectivity index (χ4v) is 3.34. The van der Waals surface area contributed by atoms with Gasteiger partial charge in [0, 0.05) is 39.8 Å². The minimum atomic E-state index is -0.0607. The zero-order chi connectivity index (χ0) is 21.3. The maximum Gasteiger partial charge on any atom is 0.259 e. The number of carbonyl (C=O) groups is 1. The van der Waals surface area contributed by atoms with E-state index in [2.05, 4.69) is 34.4 Å². The molecule has 1 saturated heterocycles. The molecule has 1 aromatic rings. The molecular formula is C22H38IN5O2. The number of hydrogen-bond donors (Lipinski definition) is 2. The molecule has 1 heterocycles. The molecule has 0 aromatic heterocycles. The summed E-state index contributed by atoms with van der Waals surface area (Å²) in [6.45, 7) is 8.42. The molecule has 170 valence electrons. The van der Waals surface area contributed by atoms with Gasteiger partial charge in [0.15, 0.2) is 12.6 Å². The zero-order valence-electron chi connectivity index (χ0n) is 19.0. The van der Waals surface area contributed by atoms with Gasteiger partial charge in [-0.1, -0.05) is 18.6 Å². The minimum absolute atomic E-state index is 0. The molecule has 30 heavy (non-hydrogen) atoms. The van der Waals surface area contributed by atoms with E-state index in [9.17, 15) is 4.79 Å². The Morgan fingerprint density at radius 1 is 1.20 bits per heavy atom. The van der Waals surface area contributed by atoms with Gasteiger partial charge < -0.3 is 20.3 Å². The number of aliphatic imine (C=N–C) groups is 1. The van der Waals surface area contributed by atoms with E-state index in [1.165, 1.54) is 37.3 Å². The monoisotopic (exact) mass is 531 g/mol. The van der Waals surface area contributed by atoms with E-state index < -0.39 is 0 Å². The van der Waals surface area contributed by atoms with Crippen LogP contribution < -0.4 is 15.4 Å². The quantitative estimate of drug-likeness (QED) is 0.307. The second-order valence-corrected chi connectivity index (χ2v) is 8.36. The fraction of sp³-hybridized carbons (Fsp3) is 0.636. The van der Waals surface area contributed by atoms with Gasteiger partial charge in [-0.05, 0) is 57.5 Å². The van der Waals surface area contributed by atoms with Crippen LogP contribution in [0.1, 0.15) is 38.7 Å². The molecule has 2 rings (SSSR count). The first-order chi connectivity index (χ1) is 13.8. The Kier molecular flexibility index (Phi) is 11.5. The first kappa shape index (κ1) is 26.5. The second kappa shape index (κ2) is 13.0. The predicted octanol–water partition coefficient (Wildman–Crippen LogP) is 2.70. The Morgan fingerprint density at radius 2 is 1.90 bits per heavy atom. The number of guanidine groups is 1.